The minimum atomic E-state index is -3.27. The van der Waals surface area contributed by atoms with E-state index in [4.69, 9.17) is 0 Å². The van der Waals surface area contributed by atoms with E-state index in [0.29, 0.717) is 37.3 Å². The standard InChI is InChI=1S/C16H20N2O3S/c1-4-9-17(10-5-2)16(19)14-6-7-15-13(12-14)8-11-18(15)22(3,20)21/h4-7,12H,1-2,8-11H2,3H3. The van der Waals surface area contributed by atoms with Gasteiger partial charge in [0.05, 0.1) is 11.9 Å². The second-order valence-corrected chi connectivity index (χ2v) is 7.12. The number of amides is 1. The number of benzene rings is 1. The van der Waals surface area contributed by atoms with Gasteiger partial charge < -0.3 is 4.90 Å². The Kier molecular flexibility index (Phi) is 4.71. The van der Waals surface area contributed by atoms with Gasteiger partial charge in [0.15, 0.2) is 0 Å². The zero-order chi connectivity index (χ0) is 16.3. The Morgan fingerprint density at radius 2 is 1.95 bits per heavy atom. The summed E-state index contributed by atoms with van der Waals surface area (Å²) >= 11 is 0. The van der Waals surface area contributed by atoms with Crippen molar-refractivity contribution < 1.29 is 13.2 Å². The predicted octanol–water partition coefficient (Wildman–Crippen LogP) is 1.82. The molecule has 0 fully saturated rings. The van der Waals surface area contributed by atoms with Crippen LogP contribution in [0.25, 0.3) is 0 Å². The Morgan fingerprint density at radius 3 is 2.50 bits per heavy atom. The molecule has 6 heteroatoms. The summed E-state index contributed by atoms with van der Waals surface area (Å²) < 4.78 is 24.8. The number of carbonyl (C=O) groups excluding carboxylic acids is 1. The van der Waals surface area contributed by atoms with E-state index in [1.54, 1.807) is 35.3 Å². The molecule has 118 valence electrons. The van der Waals surface area contributed by atoms with Gasteiger partial charge in [-0.25, -0.2) is 8.42 Å². The number of anilines is 1. The van der Waals surface area contributed by atoms with Crippen molar-refractivity contribution in [2.24, 2.45) is 0 Å². The number of nitrogens with zero attached hydrogens (tertiary/aromatic N) is 2. The molecule has 0 spiro atoms. The zero-order valence-corrected chi connectivity index (χ0v) is 13.5. The second kappa shape index (κ2) is 6.36. The molecule has 0 N–H and O–H groups in total. The average molecular weight is 320 g/mol. The fraction of sp³-hybridized carbons (Fsp3) is 0.312. The highest BCUT2D eigenvalue weighted by molar-refractivity contribution is 7.92. The van der Waals surface area contributed by atoms with E-state index < -0.39 is 10.0 Å². The van der Waals surface area contributed by atoms with Crippen LogP contribution in [0.5, 0.6) is 0 Å². The maximum absolute atomic E-state index is 12.5. The highest BCUT2D eigenvalue weighted by atomic mass is 32.2. The van der Waals surface area contributed by atoms with Crippen LogP contribution in [0.15, 0.2) is 43.5 Å². The average Bonchev–Trinajstić information content (AvgIpc) is 2.89. The van der Waals surface area contributed by atoms with Crippen LogP contribution < -0.4 is 4.31 Å². The maximum Gasteiger partial charge on any atom is 0.254 e. The molecule has 0 saturated heterocycles. The van der Waals surface area contributed by atoms with Crippen molar-refractivity contribution in [3.63, 3.8) is 0 Å². The lowest BCUT2D eigenvalue weighted by molar-refractivity contribution is 0.0791. The summed E-state index contributed by atoms with van der Waals surface area (Å²) in [5, 5.41) is 0. The fourth-order valence-electron chi connectivity index (χ4n) is 2.58. The predicted molar refractivity (Wildman–Crippen MR) is 88.6 cm³/mol. The molecule has 5 nitrogen and oxygen atoms in total. The molecule has 0 radical (unpaired) electrons. The minimum absolute atomic E-state index is 0.111. The van der Waals surface area contributed by atoms with Crippen molar-refractivity contribution in [1.82, 2.24) is 4.90 Å². The van der Waals surface area contributed by atoms with Gasteiger partial charge in [0, 0.05) is 25.2 Å². The van der Waals surface area contributed by atoms with Gasteiger partial charge in [-0.1, -0.05) is 12.2 Å². The van der Waals surface area contributed by atoms with Gasteiger partial charge >= 0.3 is 0 Å². The van der Waals surface area contributed by atoms with Crippen LogP contribution in [-0.4, -0.2) is 45.1 Å². The van der Waals surface area contributed by atoms with Crippen LogP contribution in [0.3, 0.4) is 0 Å². The van der Waals surface area contributed by atoms with Gasteiger partial charge in [0.2, 0.25) is 10.0 Å². The molecule has 0 aliphatic carbocycles. The molecule has 1 heterocycles. The molecule has 0 bridgehead atoms. The van der Waals surface area contributed by atoms with Gasteiger partial charge in [-0.05, 0) is 30.2 Å². The molecule has 22 heavy (non-hydrogen) atoms. The van der Waals surface area contributed by atoms with Gasteiger partial charge in [0.1, 0.15) is 0 Å². The number of hydrogen-bond donors (Lipinski definition) is 0. The number of rotatable bonds is 6. The summed E-state index contributed by atoms with van der Waals surface area (Å²) in [4.78, 5) is 14.1. The molecule has 0 unspecified atom stereocenters. The van der Waals surface area contributed by atoms with Crippen molar-refractivity contribution in [3.05, 3.63) is 54.6 Å². The van der Waals surface area contributed by atoms with Gasteiger partial charge in [-0.3, -0.25) is 9.10 Å². The van der Waals surface area contributed by atoms with Crippen LogP contribution in [0.2, 0.25) is 0 Å². The van der Waals surface area contributed by atoms with E-state index in [-0.39, 0.29) is 5.91 Å². The summed E-state index contributed by atoms with van der Waals surface area (Å²) in [5.74, 6) is -0.111. The molecule has 0 saturated carbocycles. The summed E-state index contributed by atoms with van der Waals surface area (Å²) in [5.41, 5.74) is 2.10. The van der Waals surface area contributed by atoms with E-state index >= 15 is 0 Å². The van der Waals surface area contributed by atoms with Crippen molar-refractivity contribution in [2.45, 2.75) is 6.42 Å². The van der Waals surface area contributed by atoms with E-state index in [1.807, 2.05) is 0 Å². The third-order valence-electron chi connectivity index (χ3n) is 3.57. The summed E-state index contributed by atoms with van der Waals surface area (Å²) in [6.07, 6.45) is 5.14. The quantitative estimate of drug-likeness (QED) is 0.751. The van der Waals surface area contributed by atoms with E-state index in [1.165, 1.54) is 10.6 Å². The Labute approximate surface area is 131 Å². The van der Waals surface area contributed by atoms with Gasteiger partial charge in [-0.15, -0.1) is 13.2 Å². The van der Waals surface area contributed by atoms with Crippen molar-refractivity contribution in [2.75, 3.05) is 30.2 Å². The third-order valence-corrected chi connectivity index (χ3v) is 4.75. The second-order valence-electron chi connectivity index (χ2n) is 5.22. The third kappa shape index (κ3) is 3.22. The smallest absolute Gasteiger partial charge is 0.254 e. The zero-order valence-electron chi connectivity index (χ0n) is 12.7. The number of hydrogen-bond acceptors (Lipinski definition) is 3. The Bertz CT molecular complexity index is 700. The molecular weight excluding hydrogens is 300 g/mol. The molecule has 1 aliphatic rings. The summed E-state index contributed by atoms with van der Waals surface area (Å²) in [6.45, 7) is 8.61. The SMILES string of the molecule is C=CCN(CC=C)C(=O)c1ccc2c(c1)CCN2S(C)(=O)=O. The van der Waals surface area contributed by atoms with Gasteiger partial charge in [0.25, 0.3) is 5.91 Å². The van der Waals surface area contributed by atoms with Crippen LogP contribution >= 0.6 is 0 Å². The topological polar surface area (TPSA) is 57.7 Å². The molecule has 2 rings (SSSR count). The minimum Gasteiger partial charge on any atom is -0.331 e. The Balaban J connectivity index is 2.31. The first-order chi connectivity index (χ1) is 10.4. The van der Waals surface area contributed by atoms with Crippen LogP contribution in [0, 0.1) is 0 Å². The first kappa shape index (κ1) is 16.3. The van der Waals surface area contributed by atoms with Crippen molar-refractivity contribution in [3.8, 4) is 0 Å². The Hall–Kier alpha value is -2.08. The molecule has 0 aromatic heterocycles. The van der Waals surface area contributed by atoms with E-state index in [2.05, 4.69) is 13.2 Å². The summed E-state index contributed by atoms with van der Waals surface area (Å²) in [7, 11) is -3.27. The number of carbonyl (C=O) groups is 1. The first-order valence-corrected chi connectivity index (χ1v) is 8.85. The number of sulfonamides is 1. The van der Waals surface area contributed by atoms with E-state index in [9.17, 15) is 13.2 Å². The van der Waals surface area contributed by atoms with Crippen LogP contribution in [0.4, 0.5) is 5.69 Å². The molecule has 1 amide bonds. The lowest BCUT2D eigenvalue weighted by Gasteiger charge is -2.20. The number of fused-ring (bicyclic) bond motifs is 1. The lowest BCUT2D eigenvalue weighted by Crippen LogP contribution is -2.31. The molecule has 1 aliphatic heterocycles. The first-order valence-electron chi connectivity index (χ1n) is 7.00. The monoisotopic (exact) mass is 320 g/mol. The highest BCUT2D eigenvalue weighted by Gasteiger charge is 2.27. The lowest BCUT2D eigenvalue weighted by atomic mass is 10.1. The fourth-order valence-corrected chi connectivity index (χ4v) is 3.54. The summed E-state index contributed by atoms with van der Waals surface area (Å²) in [6, 6.07) is 5.16. The van der Waals surface area contributed by atoms with E-state index in [0.717, 1.165) is 5.56 Å². The largest absolute Gasteiger partial charge is 0.331 e. The molecule has 0 atom stereocenters. The van der Waals surface area contributed by atoms with Crippen molar-refractivity contribution >= 4 is 21.6 Å². The molecule has 1 aromatic rings. The normalized spacial score (nSPS) is 13.6. The Morgan fingerprint density at radius 1 is 1.32 bits per heavy atom. The van der Waals surface area contributed by atoms with Crippen LogP contribution in [0.1, 0.15) is 15.9 Å². The van der Waals surface area contributed by atoms with Crippen molar-refractivity contribution in [1.29, 1.82) is 0 Å². The van der Waals surface area contributed by atoms with Crippen LogP contribution in [-0.2, 0) is 16.4 Å². The maximum atomic E-state index is 12.5. The molecular formula is C16H20N2O3S. The highest BCUT2D eigenvalue weighted by Crippen LogP contribution is 2.31. The molecule has 1 aromatic carbocycles. The van der Waals surface area contributed by atoms with Gasteiger partial charge in [-0.2, -0.15) is 0 Å².